The van der Waals surface area contributed by atoms with E-state index >= 15 is 0 Å². The van der Waals surface area contributed by atoms with Crippen LogP contribution in [0.1, 0.15) is 12.8 Å². The number of hydrogen-bond donors (Lipinski definition) is 2. The fourth-order valence-corrected chi connectivity index (χ4v) is 2.29. The summed E-state index contributed by atoms with van der Waals surface area (Å²) in [7, 11) is 0. The number of phenols is 1. The number of nitrogens with one attached hydrogen (secondary N) is 1. The molecule has 0 saturated carbocycles. The topological polar surface area (TPSA) is 67.5 Å². The third-order valence-corrected chi connectivity index (χ3v) is 3.36. The first-order valence-corrected chi connectivity index (χ1v) is 6.25. The Morgan fingerprint density at radius 2 is 2.22 bits per heavy atom. The molecule has 0 unspecified atom stereocenters. The fraction of sp³-hybridized carbons (Fsp3) is 0.462. The van der Waals surface area contributed by atoms with Crippen molar-refractivity contribution in [2.45, 2.75) is 12.8 Å². The monoisotopic (exact) mass is 248 g/mol. The van der Waals surface area contributed by atoms with Crippen molar-refractivity contribution in [3.05, 3.63) is 18.2 Å². The number of hydrogen-bond acceptors (Lipinski definition) is 5. The number of phenolic OH excluding ortho intramolecular Hbond substituents is 1. The Labute approximate surface area is 105 Å². The van der Waals surface area contributed by atoms with Gasteiger partial charge in [0.15, 0.2) is 5.58 Å². The molecule has 0 amide bonds. The molecule has 5 heteroatoms. The first kappa shape index (κ1) is 11.3. The lowest BCUT2D eigenvalue weighted by Crippen LogP contribution is -2.30. The molecule has 0 atom stereocenters. The van der Waals surface area contributed by atoms with Crippen molar-refractivity contribution in [2.24, 2.45) is 5.92 Å². The van der Waals surface area contributed by atoms with E-state index in [1.807, 2.05) is 0 Å². The highest BCUT2D eigenvalue weighted by molar-refractivity contribution is 5.88. The average molecular weight is 248 g/mol. The van der Waals surface area contributed by atoms with Crippen molar-refractivity contribution in [2.75, 3.05) is 19.7 Å². The molecule has 1 fully saturated rings. The molecule has 18 heavy (non-hydrogen) atoms. The Morgan fingerprint density at radius 3 is 3.06 bits per heavy atom. The lowest BCUT2D eigenvalue weighted by molar-refractivity contribution is 0.202. The van der Waals surface area contributed by atoms with E-state index in [2.05, 4.69) is 10.5 Å². The third kappa shape index (κ3) is 2.13. The van der Waals surface area contributed by atoms with Gasteiger partial charge in [0.2, 0.25) is 0 Å². The van der Waals surface area contributed by atoms with E-state index in [4.69, 9.17) is 9.26 Å². The standard InChI is InChI=1S/C13H16N2O3/c16-10-2-1-3-11-12(10)13(15-18-11)17-8-9-4-6-14-7-5-9/h1-3,9,14,16H,4-8H2. The van der Waals surface area contributed by atoms with Gasteiger partial charge in [0.05, 0.1) is 6.61 Å². The highest BCUT2D eigenvalue weighted by atomic mass is 16.5. The van der Waals surface area contributed by atoms with Crippen molar-refractivity contribution in [3.8, 4) is 11.6 Å². The van der Waals surface area contributed by atoms with Crippen LogP contribution in [0, 0.1) is 5.92 Å². The van der Waals surface area contributed by atoms with Crippen molar-refractivity contribution >= 4 is 11.0 Å². The van der Waals surface area contributed by atoms with Gasteiger partial charge in [-0.15, -0.1) is 0 Å². The van der Waals surface area contributed by atoms with Gasteiger partial charge in [0.25, 0.3) is 5.88 Å². The van der Waals surface area contributed by atoms with E-state index in [1.165, 1.54) is 0 Å². The zero-order valence-corrected chi connectivity index (χ0v) is 10.1. The van der Waals surface area contributed by atoms with E-state index in [0.29, 0.717) is 29.4 Å². The first-order chi connectivity index (χ1) is 8.84. The van der Waals surface area contributed by atoms with E-state index in [0.717, 1.165) is 25.9 Å². The van der Waals surface area contributed by atoms with Crippen LogP contribution in [0.4, 0.5) is 0 Å². The van der Waals surface area contributed by atoms with Gasteiger partial charge in [-0.3, -0.25) is 0 Å². The van der Waals surface area contributed by atoms with Gasteiger partial charge in [0, 0.05) is 0 Å². The Bertz CT molecular complexity index is 532. The lowest BCUT2D eigenvalue weighted by Gasteiger charge is -2.21. The van der Waals surface area contributed by atoms with Gasteiger partial charge < -0.3 is 19.7 Å². The molecule has 2 aromatic rings. The van der Waals surface area contributed by atoms with E-state index < -0.39 is 0 Å². The van der Waals surface area contributed by atoms with Crippen LogP contribution >= 0.6 is 0 Å². The van der Waals surface area contributed by atoms with Gasteiger partial charge in [-0.25, -0.2) is 0 Å². The molecule has 1 aromatic heterocycles. The second-order valence-electron chi connectivity index (χ2n) is 4.64. The van der Waals surface area contributed by atoms with Crippen molar-refractivity contribution < 1.29 is 14.4 Å². The molecule has 2 N–H and O–H groups in total. The molecule has 0 spiro atoms. The second kappa shape index (κ2) is 4.86. The van der Waals surface area contributed by atoms with Crippen molar-refractivity contribution in [1.82, 2.24) is 10.5 Å². The van der Waals surface area contributed by atoms with Crippen molar-refractivity contribution in [3.63, 3.8) is 0 Å². The maximum Gasteiger partial charge on any atom is 0.265 e. The average Bonchev–Trinajstić information content (AvgIpc) is 2.82. The molecule has 96 valence electrons. The maximum atomic E-state index is 9.79. The summed E-state index contributed by atoms with van der Waals surface area (Å²) in [5.41, 5.74) is 0.551. The molecule has 0 bridgehead atoms. The highest BCUT2D eigenvalue weighted by Gasteiger charge is 2.17. The van der Waals surface area contributed by atoms with Crippen LogP contribution in [0.5, 0.6) is 11.6 Å². The van der Waals surface area contributed by atoms with Gasteiger partial charge >= 0.3 is 0 Å². The number of benzene rings is 1. The van der Waals surface area contributed by atoms with Crippen LogP contribution in [-0.2, 0) is 0 Å². The first-order valence-electron chi connectivity index (χ1n) is 6.25. The minimum Gasteiger partial charge on any atom is -0.507 e. The fourth-order valence-electron chi connectivity index (χ4n) is 2.29. The lowest BCUT2D eigenvalue weighted by atomic mass is 9.99. The number of fused-ring (bicyclic) bond motifs is 1. The van der Waals surface area contributed by atoms with Gasteiger partial charge in [-0.1, -0.05) is 6.07 Å². The summed E-state index contributed by atoms with van der Waals surface area (Å²) in [6.45, 7) is 2.70. The largest absolute Gasteiger partial charge is 0.507 e. The summed E-state index contributed by atoms with van der Waals surface area (Å²) in [5, 5.41) is 17.5. The molecule has 5 nitrogen and oxygen atoms in total. The van der Waals surface area contributed by atoms with E-state index in [-0.39, 0.29) is 5.75 Å². The molecule has 1 saturated heterocycles. The summed E-state index contributed by atoms with van der Waals surface area (Å²) in [6.07, 6.45) is 2.23. The van der Waals surface area contributed by atoms with Crippen LogP contribution in [0.3, 0.4) is 0 Å². The number of aromatic nitrogens is 1. The van der Waals surface area contributed by atoms with Crippen LogP contribution in [0.2, 0.25) is 0 Å². The number of rotatable bonds is 3. The smallest absolute Gasteiger partial charge is 0.265 e. The number of aromatic hydroxyl groups is 1. The summed E-state index contributed by atoms with van der Waals surface area (Å²) in [4.78, 5) is 0. The summed E-state index contributed by atoms with van der Waals surface area (Å²) < 4.78 is 10.8. The Hall–Kier alpha value is -1.75. The summed E-state index contributed by atoms with van der Waals surface area (Å²) in [5.74, 6) is 1.08. The van der Waals surface area contributed by atoms with Gasteiger partial charge in [-0.2, -0.15) is 0 Å². The Kier molecular flexibility index (Phi) is 3.06. The van der Waals surface area contributed by atoms with Crippen LogP contribution < -0.4 is 10.1 Å². The maximum absolute atomic E-state index is 9.79. The minimum absolute atomic E-state index is 0.147. The SMILES string of the molecule is Oc1cccc2onc(OCC3CCNCC3)c12. The molecule has 1 aliphatic rings. The zero-order chi connectivity index (χ0) is 12.4. The molecule has 1 aromatic carbocycles. The molecular formula is C13H16N2O3. The van der Waals surface area contributed by atoms with Crippen LogP contribution in [0.15, 0.2) is 22.7 Å². The summed E-state index contributed by atoms with van der Waals surface area (Å²) in [6, 6.07) is 5.09. The van der Waals surface area contributed by atoms with Gasteiger partial charge in [-0.05, 0) is 49.1 Å². The predicted molar refractivity (Wildman–Crippen MR) is 66.8 cm³/mol. The van der Waals surface area contributed by atoms with Crippen LogP contribution in [0.25, 0.3) is 11.0 Å². The van der Waals surface area contributed by atoms with E-state index in [9.17, 15) is 5.11 Å². The predicted octanol–water partition coefficient (Wildman–Crippen LogP) is 1.91. The minimum atomic E-state index is 0.147. The Balaban J connectivity index is 1.74. The summed E-state index contributed by atoms with van der Waals surface area (Å²) >= 11 is 0. The number of nitrogens with zero attached hydrogens (tertiary/aromatic N) is 1. The third-order valence-electron chi connectivity index (χ3n) is 3.36. The molecule has 3 rings (SSSR count). The van der Waals surface area contributed by atoms with E-state index in [1.54, 1.807) is 18.2 Å². The van der Waals surface area contributed by atoms with Crippen molar-refractivity contribution in [1.29, 1.82) is 0 Å². The Morgan fingerprint density at radius 1 is 1.39 bits per heavy atom. The molecule has 0 aliphatic carbocycles. The zero-order valence-electron chi connectivity index (χ0n) is 10.1. The highest BCUT2D eigenvalue weighted by Crippen LogP contribution is 2.32. The molecular weight excluding hydrogens is 232 g/mol. The van der Waals surface area contributed by atoms with Gasteiger partial charge in [0.1, 0.15) is 11.1 Å². The van der Waals surface area contributed by atoms with Crippen LogP contribution in [-0.4, -0.2) is 30.0 Å². The number of ether oxygens (including phenoxy) is 1. The second-order valence-corrected chi connectivity index (χ2v) is 4.64. The molecule has 1 aliphatic heterocycles. The molecule has 0 radical (unpaired) electrons. The normalized spacial score (nSPS) is 17.1. The molecule has 2 heterocycles. The number of piperidine rings is 1. The quantitative estimate of drug-likeness (QED) is 0.868.